The molecule has 0 radical (unpaired) electrons. The number of rotatable bonds is 3. The third-order valence-corrected chi connectivity index (χ3v) is 10.1. The number of halogens is 2. The van der Waals surface area contributed by atoms with E-state index in [9.17, 15) is 0 Å². The number of hydrogen-bond donors (Lipinski definition) is 0. The van der Waals surface area contributed by atoms with Gasteiger partial charge >= 0.3 is 19.5 Å². The largest absolute Gasteiger partial charge is 2.00 e. The van der Waals surface area contributed by atoms with Crippen LogP contribution in [-0.2, 0) is 19.5 Å². The predicted octanol–water partition coefficient (Wildman–Crippen LogP) is 0.472. The van der Waals surface area contributed by atoms with Gasteiger partial charge in [-0.3, -0.25) is 0 Å². The summed E-state index contributed by atoms with van der Waals surface area (Å²) in [4.78, 5) is 0. The van der Waals surface area contributed by atoms with Crippen LogP contribution in [0.5, 0.6) is 0 Å². The van der Waals surface area contributed by atoms with Gasteiger partial charge in [0, 0.05) is 0 Å². The summed E-state index contributed by atoms with van der Waals surface area (Å²) in [5, 5.41) is 0. The van der Waals surface area contributed by atoms with E-state index in [1.165, 1.54) is 36.2 Å². The Bertz CT molecular complexity index is 217. The van der Waals surface area contributed by atoms with Crippen molar-refractivity contribution in [3.05, 3.63) is 0 Å². The van der Waals surface area contributed by atoms with E-state index in [1.807, 2.05) is 0 Å². The first-order valence-electron chi connectivity index (χ1n) is 9.22. The molecule has 0 bridgehead atoms. The fourth-order valence-corrected chi connectivity index (χ4v) is 9.71. The van der Waals surface area contributed by atoms with Crippen LogP contribution in [0.1, 0.15) is 96.3 Å². The molecule has 132 valence electrons. The molecule has 0 heterocycles. The Hall–Kier alpha value is 1.63. The summed E-state index contributed by atoms with van der Waals surface area (Å²) in [6, 6.07) is 0. The topological polar surface area (TPSA) is 0 Å². The molecule has 0 aromatic carbocycles. The summed E-state index contributed by atoms with van der Waals surface area (Å²) in [6.07, 6.45) is 23.6. The van der Waals surface area contributed by atoms with Crippen molar-refractivity contribution in [2.45, 2.75) is 113 Å². The summed E-state index contributed by atoms with van der Waals surface area (Å²) in [6.45, 7) is 0. The van der Waals surface area contributed by atoms with Gasteiger partial charge in [-0.25, -0.2) is 0 Å². The molecule has 3 aliphatic carbocycles. The maximum Gasteiger partial charge on any atom is 2.00 e. The van der Waals surface area contributed by atoms with Crippen LogP contribution in [0, 0.1) is 0 Å². The second-order valence-electron chi connectivity index (χ2n) is 7.32. The summed E-state index contributed by atoms with van der Waals surface area (Å²) in [5.41, 5.74) is 3.57. The zero-order valence-electron chi connectivity index (χ0n) is 13.9. The van der Waals surface area contributed by atoms with Crippen molar-refractivity contribution in [2.75, 3.05) is 0 Å². The van der Waals surface area contributed by atoms with Gasteiger partial charge < -0.3 is 24.8 Å². The van der Waals surface area contributed by atoms with E-state index in [4.69, 9.17) is 0 Å². The van der Waals surface area contributed by atoms with Gasteiger partial charge in [-0.15, -0.1) is 0 Å². The van der Waals surface area contributed by atoms with Gasteiger partial charge in [0.2, 0.25) is 0 Å². The second-order valence-corrected chi connectivity index (χ2v) is 10.4. The van der Waals surface area contributed by atoms with Gasteiger partial charge in [0.25, 0.3) is 0 Å². The zero-order chi connectivity index (χ0) is 12.9. The van der Waals surface area contributed by atoms with Crippen LogP contribution >= 0.6 is 7.92 Å². The first-order valence-corrected chi connectivity index (χ1v) is 10.8. The molecule has 0 spiro atoms. The second kappa shape index (κ2) is 12.9. The minimum Gasteiger partial charge on any atom is -1.00 e. The number of hydrogen-bond acceptors (Lipinski definition) is 0. The molecule has 0 aromatic heterocycles. The van der Waals surface area contributed by atoms with E-state index in [0.29, 0.717) is 7.92 Å². The summed E-state index contributed by atoms with van der Waals surface area (Å²) >= 11 is 0. The Morgan fingerprint density at radius 2 is 0.636 bits per heavy atom. The molecule has 0 unspecified atom stereocenters. The predicted molar refractivity (Wildman–Crippen MR) is 87.5 cm³/mol. The minimum absolute atomic E-state index is 0. The van der Waals surface area contributed by atoms with Crippen molar-refractivity contribution in [1.82, 2.24) is 0 Å². The van der Waals surface area contributed by atoms with Crippen LogP contribution in [0.2, 0.25) is 0 Å². The minimum atomic E-state index is 0. The molecule has 22 heavy (non-hydrogen) atoms. The molecule has 0 saturated heterocycles. The van der Waals surface area contributed by atoms with E-state index in [1.54, 1.807) is 77.0 Å². The van der Waals surface area contributed by atoms with Crippen LogP contribution in [0.4, 0.5) is 0 Å². The van der Waals surface area contributed by atoms with Crippen molar-refractivity contribution in [3.63, 3.8) is 0 Å². The molecular formula is C18H33Cl2PRu. The van der Waals surface area contributed by atoms with E-state index < -0.39 is 0 Å². The molecule has 0 amide bonds. The van der Waals surface area contributed by atoms with Gasteiger partial charge in [0.15, 0.2) is 0 Å². The molecular weight excluding hydrogens is 419 g/mol. The molecule has 0 N–H and O–H groups in total. The molecule has 3 rings (SSSR count). The van der Waals surface area contributed by atoms with Gasteiger partial charge in [-0.1, -0.05) is 65.7 Å². The molecule has 0 atom stereocenters. The van der Waals surface area contributed by atoms with Crippen molar-refractivity contribution in [1.29, 1.82) is 0 Å². The Labute approximate surface area is 165 Å². The summed E-state index contributed by atoms with van der Waals surface area (Å²) < 4.78 is 0. The first kappa shape index (κ1) is 23.6. The summed E-state index contributed by atoms with van der Waals surface area (Å²) in [7, 11) is 0.385. The molecule has 4 heteroatoms. The van der Waals surface area contributed by atoms with Crippen LogP contribution in [-0.4, -0.2) is 17.0 Å². The maximum absolute atomic E-state index is 1.61. The Kier molecular flexibility index (Phi) is 13.9. The fraction of sp³-hybridized carbons (Fsp3) is 1.00. The van der Waals surface area contributed by atoms with Crippen molar-refractivity contribution < 1.29 is 44.3 Å². The Balaban J connectivity index is 0.00000147. The Morgan fingerprint density at radius 1 is 0.409 bits per heavy atom. The van der Waals surface area contributed by atoms with Crippen LogP contribution in [0.15, 0.2) is 0 Å². The van der Waals surface area contributed by atoms with Crippen molar-refractivity contribution in [3.8, 4) is 0 Å². The zero-order valence-corrected chi connectivity index (χ0v) is 18.0. The van der Waals surface area contributed by atoms with E-state index >= 15 is 0 Å². The molecule has 0 nitrogen and oxygen atoms in total. The van der Waals surface area contributed by atoms with Gasteiger partial charge in [-0.2, -0.15) is 0 Å². The van der Waals surface area contributed by atoms with E-state index in [2.05, 4.69) is 0 Å². The average Bonchev–Trinajstić information content (AvgIpc) is 2.51. The quantitative estimate of drug-likeness (QED) is 0.432. The first-order chi connectivity index (χ1) is 9.45. The van der Waals surface area contributed by atoms with Gasteiger partial charge in [-0.05, 0) is 55.5 Å². The smallest absolute Gasteiger partial charge is 1.00 e. The maximum atomic E-state index is 1.61. The monoisotopic (exact) mass is 452 g/mol. The molecule has 0 aliphatic heterocycles. The van der Waals surface area contributed by atoms with E-state index in [-0.39, 0.29) is 44.3 Å². The normalized spacial score (nSPS) is 25.0. The van der Waals surface area contributed by atoms with Crippen LogP contribution in [0.25, 0.3) is 0 Å². The molecule has 3 aliphatic rings. The molecule has 3 saturated carbocycles. The van der Waals surface area contributed by atoms with Crippen LogP contribution in [0.3, 0.4) is 0 Å². The molecule has 0 aromatic rings. The molecule has 3 fully saturated rings. The standard InChI is InChI=1S/C18H33P.2ClH.Ru/c1-4-10-16(11-5-1)19(17-12-6-2-7-13-17)18-14-8-3-9-15-18;;;/h16-18H,1-15H2;2*1H;/q;;;+2/p-2. The third kappa shape index (κ3) is 6.50. The summed E-state index contributed by atoms with van der Waals surface area (Å²) in [5.74, 6) is 0. The SMILES string of the molecule is C1CCC(P(C2CCCCC2)C2CCCCC2)CC1.[Cl-].[Cl-].[Ru+2]. The van der Waals surface area contributed by atoms with Gasteiger partial charge in [0.1, 0.15) is 0 Å². The third-order valence-electron chi connectivity index (χ3n) is 5.99. The van der Waals surface area contributed by atoms with Crippen LogP contribution < -0.4 is 24.8 Å². The fourth-order valence-electron chi connectivity index (χ4n) is 5.03. The van der Waals surface area contributed by atoms with Gasteiger partial charge in [0.05, 0.1) is 0 Å². The van der Waals surface area contributed by atoms with E-state index in [0.717, 1.165) is 0 Å². The average molecular weight is 452 g/mol. The van der Waals surface area contributed by atoms with Crippen molar-refractivity contribution in [2.24, 2.45) is 0 Å². The van der Waals surface area contributed by atoms with Crippen molar-refractivity contribution >= 4 is 7.92 Å². The Morgan fingerprint density at radius 3 is 0.864 bits per heavy atom.